The third-order valence-electron chi connectivity index (χ3n) is 5.90. The highest BCUT2D eigenvalue weighted by Crippen LogP contribution is 2.27. The molecule has 1 saturated carbocycles. The fourth-order valence-corrected chi connectivity index (χ4v) is 4.18. The number of carbonyl (C=O) groups excluding carboxylic acids is 1. The number of aliphatic hydroxyl groups is 1. The van der Waals surface area contributed by atoms with Crippen LogP contribution in [0.25, 0.3) is 10.9 Å². The fourth-order valence-electron chi connectivity index (χ4n) is 4.18. The molecule has 1 aliphatic carbocycles. The summed E-state index contributed by atoms with van der Waals surface area (Å²) in [5.74, 6) is -0.496. The first-order valence-corrected chi connectivity index (χ1v) is 10.1. The zero-order chi connectivity index (χ0) is 20.4. The first kappa shape index (κ1) is 19.5. The Bertz CT molecular complexity index is 1050. The van der Waals surface area contributed by atoms with Crippen LogP contribution in [0, 0.1) is 12.7 Å². The lowest BCUT2D eigenvalue weighted by molar-refractivity contribution is 0.0718. The van der Waals surface area contributed by atoms with Crippen LogP contribution in [0.15, 0.2) is 48.7 Å². The van der Waals surface area contributed by atoms with Gasteiger partial charge in [-0.15, -0.1) is 0 Å². The number of amides is 1. The fraction of sp³-hybridized carbons (Fsp3) is 0.333. The third-order valence-corrected chi connectivity index (χ3v) is 5.90. The molecule has 29 heavy (non-hydrogen) atoms. The summed E-state index contributed by atoms with van der Waals surface area (Å²) < 4.78 is 14.2. The van der Waals surface area contributed by atoms with Gasteiger partial charge in [0.25, 0.3) is 5.91 Å². The van der Waals surface area contributed by atoms with Crippen LogP contribution in [0.2, 0.25) is 0 Å². The molecule has 5 heteroatoms. The SMILES string of the molecule is Cc1c(Cc2ccccc2F)cc(C(=O)N[C@H]2CCCC[C@@H]2O)c2ncccc12. The van der Waals surface area contributed by atoms with E-state index >= 15 is 0 Å². The van der Waals surface area contributed by atoms with Crippen molar-refractivity contribution < 1.29 is 14.3 Å². The molecule has 2 N–H and O–H groups in total. The van der Waals surface area contributed by atoms with E-state index < -0.39 is 6.10 Å². The summed E-state index contributed by atoms with van der Waals surface area (Å²) in [6, 6.07) is 12.1. The van der Waals surface area contributed by atoms with E-state index in [0.29, 0.717) is 29.5 Å². The summed E-state index contributed by atoms with van der Waals surface area (Å²) in [6.07, 6.45) is 5.00. The van der Waals surface area contributed by atoms with Gasteiger partial charge in [-0.3, -0.25) is 9.78 Å². The van der Waals surface area contributed by atoms with Crippen LogP contribution in [-0.4, -0.2) is 28.1 Å². The molecule has 3 aromatic rings. The minimum atomic E-state index is -0.518. The van der Waals surface area contributed by atoms with E-state index in [1.165, 1.54) is 6.07 Å². The first-order chi connectivity index (χ1) is 14.0. The van der Waals surface area contributed by atoms with Crippen molar-refractivity contribution in [3.8, 4) is 0 Å². The maximum Gasteiger partial charge on any atom is 0.253 e. The molecule has 1 amide bonds. The summed E-state index contributed by atoms with van der Waals surface area (Å²) in [6.45, 7) is 1.98. The normalized spacial score (nSPS) is 19.3. The molecule has 0 aliphatic heterocycles. The number of aryl methyl sites for hydroxylation is 1. The Balaban J connectivity index is 1.73. The largest absolute Gasteiger partial charge is 0.391 e. The lowest BCUT2D eigenvalue weighted by Gasteiger charge is -2.28. The molecular formula is C24H25FN2O2. The molecule has 0 saturated heterocycles. The molecular weight excluding hydrogens is 367 g/mol. The van der Waals surface area contributed by atoms with Crippen LogP contribution < -0.4 is 5.32 Å². The van der Waals surface area contributed by atoms with Crippen molar-refractivity contribution >= 4 is 16.8 Å². The van der Waals surface area contributed by atoms with Gasteiger partial charge >= 0.3 is 0 Å². The number of carbonyl (C=O) groups is 1. The molecule has 0 bridgehead atoms. The average Bonchev–Trinajstić information content (AvgIpc) is 2.73. The zero-order valence-electron chi connectivity index (χ0n) is 16.5. The van der Waals surface area contributed by atoms with Crippen molar-refractivity contribution in [2.75, 3.05) is 0 Å². The quantitative estimate of drug-likeness (QED) is 0.696. The zero-order valence-corrected chi connectivity index (χ0v) is 16.5. The molecule has 1 aromatic heterocycles. The van der Waals surface area contributed by atoms with E-state index in [1.54, 1.807) is 18.3 Å². The molecule has 150 valence electrons. The Morgan fingerprint density at radius 3 is 2.76 bits per heavy atom. The van der Waals surface area contributed by atoms with Crippen LogP contribution >= 0.6 is 0 Å². The third kappa shape index (κ3) is 4.01. The van der Waals surface area contributed by atoms with Gasteiger partial charge in [0.05, 0.1) is 23.2 Å². The highest BCUT2D eigenvalue weighted by molar-refractivity contribution is 6.06. The number of hydrogen-bond donors (Lipinski definition) is 2. The monoisotopic (exact) mass is 392 g/mol. The molecule has 1 aliphatic rings. The number of halogens is 1. The first-order valence-electron chi connectivity index (χ1n) is 10.1. The number of aromatic nitrogens is 1. The van der Waals surface area contributed by atoms with Crippen molar-refractivity contribution in [2.45, 2.75) is 51.2 Å². The van der Waals surface area contributed by atoms with Crippen molar-refractivity contribution in [3.05, 3.63) is 76.7 Å². The summed E-state index contributed by atoms with van der Waals surface area (Å²) >= 11 is 0. The molecule has 0 unspecified atom stereocenters. The average molecular weight is 392 g/mol. The number of rotatable bonds is 4. The molecule has 0 radical (unpaired) electrons. The number of pyridine rings is 1. The lowest BCUT2D eigenvalue weighted by Crippen LogP contribution is -2.45. The molecule has 2 aromatic carbocycles. The van der Waals surface area contributed by atoms with Crippen LogP contribution in [0.3, 0.4) is 0 Å². The second-order valence-corrected chi connectivity index (χ2v) is 7.81. The van der Waals surface area contributed by atoms with E-state index in [-0.39, 0.29) is 17.8 Å². The number of nitrogens with zero attached hydrogens (tertiary/aromatic N) is 1. The van der Waals surface area contributed by atoms with Gasteiger partial charge in [-0.2, -0.15) is 0 Å². The topological polar surface area (TPSA) is 62.2 Å². The Labute approximate surface area is 169 Å². The molecule has 2 atom stereocenters. The summed E-state index contributed by atoms with van der Waals surface area (Å²) in [5, 5.41) is 14.1. The van der Waals surface area contributed by atoms with Crippen molar-refractivity contribution in [2.24, 2.45) is 0 Å². The van der Waals surface area contributed by atoms with Crippen LogP contribution in [0.1, 0.15) is 52.7 Å². The minimum absolute atomic E-state index is 0.241. The summed E-state index contributed by atoms with van der Waals surface area (Å²) in [7, 11) is 0. The predicted molar refractivity (Wildman–Crippen MR) is 111 cm³/mol. The lowest BCUT2D eigenvalue weighted by atomic mass is 9.91. The standard InChI is InChI=1S/C24H25FN2O2/c1-15-17(13-16-7-2-3-9-20(16)25)14-19(23-18(15)8-6-12-26-23)24(29)27-21-10-4-5-11-22(21)28/h2-3,6-9,12,14,21-22,28H,4-5,10-11,13H2,1H3,(H,27,29)/t21-,22-/m0/s1. The molecule has 4 rings (SSSR count). The maximum absolute atomic E-state index is 14.2. The van der Waals surface area contributed by atoms with Gasteiger partial charge in [0, 0.05) is 18.0 Å². The number of benzene rings is 2. The molecule has 1 fully saturated rings. The predicted octanol–water partition coefficient (Wildman–Crippen LogP) is 4.31. The van der Waals surface area contributed by atoms with E-state index in [0.717, 1.165) is 35.8 Å². The van der Waals surface area contributed by atoms with Gasteiger partial charge in [0.1, 0.15) is 5.82 Å². The smallest absolute Gasteiger partial charge is 0.253 e. The van der Waals surface area contributed by atoms with Gasteiger partial charge in [-0.05, 0) is 54.7 Å². The molecule has 0 spiro atoms. The van der Waals surface area contributed by atoms with Crippen molar-refractivity contribution in [1.82, 2.24) is 10.3 Å². The highest BCUT2D eigenvalue weighted by atomic mass is 19.1. The number of aliphatic hydroxyl groups excluding tert-OH is 1. The molecule has 1 heterocycles. The molecule has 4 nitrogen and oxygen atoms in total. The second-order valence-electron chi connectivity index (χ2n) is 7.81. The van der Waals surface area contributed by atoms with Crippen molar-refractivity contribution in [3.63, 3.8) is 0 Å². The van der Waals surface area contributed by atoms with E-state index in [4.69, 9.17) is 0 Å². The van der Waals surface area contributed by atoms with E-state index in [1.807, 2.05) is 31.2 Å². The Hall–Kier alpha value is -2.79. The van der Waals surface area contributed by atoms with Crippen LogP contribution in [0.5, 0.6) is 0 Å². The second kappa shape index (κ2) is 8.29. The maximum atomic E-state index is 14.2. The van der Waals surface area contributed by atoms with Crippen LogP contribution in [0.4, 0.5) is 4.39 Å². The minimum Gasteiger partial charge on any atom is -0.391 e. The Morgan fingerprint density at radius 1 is 1.17 bits per heavy atom. The number of hydrogen-bond acceptors (Lipinski definition) is 3. The van der Waals surface area contributed by atoms with Gasteiger partial charge in [0.2, 0.25) is 0 Å². The van der Waals surface area contributed by atoms with Crippen LogP contribution in [-0.2, 0) is 6.42 Å². The van der Waals surface area contributed by atoms with Crippen molar-refractivity contribution in [1.29, 1.82) is 0 Å². The number of nitrogens with one attached hydrogen (secondary N) is 1. The number of fused-ring (bicyclic) bond motifs is 1. The van der Waals surface area contributed by atoms with Gasteiger partial charge in [-0.25, -0.2) is 4.39 Å². The summed E-state index contributed by atoms with van der Waals surface area (Å²) in [4.78, 5) is 17.6. The van der Waals surface area contributed by atoms with E-state index in [2.05, 4.69) is 10.3 Å². The summed E-state index contributed by atoms with van der Waals surface area (Å²) in [5.41, 5.74) is 3.57. The van der Waals surface area contributed by atoms with Gasteiger partial charge in [-0.1, -0.05) is 37.1 Å². The van der Waals surface area contributed by atoms with Gasteiger partial charge in [0.15, 0.2) is 0 Å². The highest BCUT2D eigenvalue weighted by Gasteiger charge is 2.26. The Morgan fingerprint density at radius 2 is 1.97 bits per heavy atom. The Kier molecular flexibility index (Phi) is 5.58. The van der Waals surface area contributed by atoms with Gasteiger partial charge < -0.3 is 10.4 Å². The van der Waals surface area contributed by atoms with E-state index in [9.17, 15) is 14.3 Å².